The predicted molar refractivity (Wildman–Crippen MR) is 172 cm³/mol. The Morgan fingerprint density at radius 3 is 2.83 bits per heavy atom. The van der Waals surface area contributed by atoms with Crippen LogP contribution in [0.3, 0.4) is 0 Å². The Hall–Kier alpha value is -4.84. The van der Waals surface area contributed by atoms with Gasteiger partial charge in [-0.1, -0.05) is 26.5 Å². The summed E-state index contributed by atoms with van der Waals surface area (Å²) >= 11 is 0. The molecule has 12 nitrogen and oxygen atoms in total. The van der Waals surface area contributed by atoms with Crippen molar-refractivity contribution in [2.75, 3.05) is 38.2 Å². The number of aliphatic imine (C=N–C) groups is 1. The van der Waals surface area contributed by atoms with Gasteiger partial charge in [0.1, 0.15) is 23.8 Å². The fraction of sp³-hybridized carbons (Fsp3) is 0.412. The number of likely N-dealkylation sites (tertiary alicyclic amines) is 1. The first-order valence-electron chi connectivity index (χ1n) is 15.5. The number of aromatic nitrogens is 3. The van der Waals surface area contributed by atoms with Crippen LogP contribution in [-0.4, -0.2) is 81.3 Å². The number of anilines is 1. The number of aliphatic hydroxyl groups is 1. The zero-order valence-electron chi connectivity index (χ0n) is 26.5. The SMILES string of the molecule is C=CC(=O)NCCOc1cccc(N=C2CC(c3ccnc(N4CCn5c(cc6c5CC(C)(C)C6)C4=O)c3CO)CN(C)C2=O)n1. The van der Waals surface area contributed by atoms with Crippen LogP contribution in [0.5, 0.6) is 5.88 Å². The summed E-state index contributed by atoms with van der Waals surface area (Å²) in [5, 5.41) is 13.3. The third-order valence-electron chi connectivity index (χ3n) is 8.87. The minimum atomic E-state index is -0.303. The molecule has 0 saturated carbocycles. The molecule has 3 amide bonds. The number of hydrogen-bond acceptors (Lipinski definition) is 8. The number of carbonyl (C=O) groups excluding carboxylic acids is 3. The van der Waals surface area contributed by atoms with Crippen LogP contribution in [0.4, 0.5) is 11.6 Å². The first kappa shape index (κ1) is 31.2. The second-order valence-corrected chi connectivity index (χ2v) is 12.8. The molecule has 0 aromatic carbocycles. The van der Waals surface area contributed by atoms with Crippen molar-refractivity contribution in [1.82, 2.24) is 24.8 Å². The number of nitrogens with one attached hydrogen (secondary N) is 1. The lowest BCUT2D eigenvalue weighted by molar-refractivity contribution is -0.124. The Kier molecular flexibility index (Phi) is 8.47. The molecule has 1 unspecified atom stereocenters. The largest absolute Gasteiger partial charge is 0.476 e. The van der Waals surface area contributed by atoms with E-state index in [0.29, 0.717) is 60.5 Å². The van der Waals surface area contributed by atoms with Gasteiger partial charge in [0.05, 0.1) is 13.2 Å². The molecule has 5 heterocycles. The van der Waals surface area contributed by atoms with Crippen LogP contribution in [-0.2, 0) is 35.6 Å². The molecular formula is C34H39N7O5. The fourth-order valence-corrected chi connectivity index (χ4v) is 6.79. The van der Waals surface area contributed by atoms with Crippen molar-refractivity contribution in [2.24, 2.45) is 10.4 Å². The molecule has 3 aliphatic rings. The molecule has 240 valence electrons. The molecule has 1 aliphatic carbocycles. The highest BCUT2D eigenvalue weighted by Crippen LogP contribution is 2.40. The van der Waals surface area contributed by atoms with E-state index < -0.39 is 0 Å². The highest BCUT2D eigenvalue weighted by Gasteiger charge is 2.38. The summed E-state index contributed by atoms with van der Waals surface area (Å²) in [6, 6.07) is 8.98. The van der Waals surface area contributed by atoms with Gasteiger partial charge in [-0.3, -0.25) is 19.3 Å². The zero-order valence-corrected chi connectivity index (χ0v) is 26.5. The number of ether oxygens (including phenoxy) is 1. The van der Waals surface area contributed by atoms with Crippen LogP contribution in [0, 0.1) is 5.41 Å². The van der Waals surface area contributed by atoms with Gasteiger partial charge in [-0.25, -0.2) is 9.98 Å². The number of carbonyl (C=O) groups is 3. The van der Waals surface area contributed by atoms with Crippen LogP contribution >= 0.6 is 0 Å². The molecular weight excluding hydrogens is 586 g/mol. The number of nitrogens with zero attached hydrogens (tertiary/aromatic N) is 6. The number of aliphatic hydroxyl groups excluding tert-OH is 1. The van der Waals surface area contributed by atoms with Gasteiger partial charge < -0.3 is 24.6 Å². The van der Waals surface area contributed by atoms with Crippen LogP contribution in [0.25, 0.3) is 0 Å². The molecule has 6 rings (SSSR count). The van der Waals surface area contributed by atoms with Crippen molar-refractivity contribution >= 4 is 35.1 Å². The van der Waals surface area contributed by atoms with Crippen LogP contribution in [0.2, 0.25) is 0 Å². The van der Waals surface area contributed by atoms with Crippen molar-refractivity contribution in [3.8, 4) is 5.88 Å². The zero-order chi connectivity index (χ0) is 32.6. The summed E-state index contributed by atoms with van der Waals surface area (Å²) in [5.41, 5.74) is 5.08. The Morgan fingerprint density at radius 1 is 1.22 bits per heavy atom. The average molecular weight is 626 g/mol. The van der Waals surface area contributed by atoms with Gasteiger partial charge in [-0.15, -0.1) is 0 Å². The quantitative estimate of drug-likeness (QED) is 0.275. The number of amides is 3. The number of likely N-dealkylation sites (N-methyl/N-ethyl adjacent to an activating group) is 1. The molecule has 2 N–H and O–H groups in total. The summed E-state index contributed by atoms with van der Waals surface area (Å²) in [6.45, 7) is 9.65. The van der Waals surface area contributed by atoms with Gasteiger partial charge in [0.2, 0.25) is 11.8 Å². The minimum Gasteiger partial charge on any atom is -0.476 e. The van der Waals surface area contributed by atoms with E-state index in [9.17, 15) is 19.5 Å². The van der Waals surface area contributed by atoms with E-state index in [4.69, 9.17) is 4.74 Å². The first-order chi connectivity index (χ1) is 22.1. The van der Waals surface area contributed by atoms with Crippen LogP contribution < -0.4 is 15.0 Å². The van der Waals surface area contributed by atoms with E-state index in [-0.39, 0.29) is 48.8 Å². The van der Waals surface area contributed by atoms with Crippen molar-refractivity contribution in [3.05, 3.63) is 77.3 Å². The minimum absolute atomic E-state index is 0.118. The molecule has 3 aromatic heterocycles. The Balaban J connectivity index is 1.23. The lowest BCUT2D eigenvalue weighted by Gasteiger charge is -2.34. The molecule has 12 heteroatoms. The van der Waals surface area contributed by atoms with E-state index >= 15 is 0 Å². The lowest BCUT2D eigenvalue weighted by Crippen LogP contribution is -2.43. The average Bonchev–Trinajstić information content (AvgIpc) is 3.53. The third kappa shape index (κ3) is 6.04. The molecule has 0 bridgehead atoms. The molecule has 1 saturated heterocycles. The smallest absolute Gasteiger partial charge is 0.276 e. The lowest BCUT2D eigenvalue weighted by atomic mass is 9.87. The van der Waals surface area contributed by atoms with Crippen molar-refractivity contribution in [1.29, 1.82) is 0 Å². The monoisotopic (exact) mass is 625 g/mol. The third-order valence-corrected chi connectivity index (χ3v) is 8.87. The predicted octanol–water partition coefficient (Wildman–Crippen LogP) is 2.96. The second kappa shape index (κ2) is 12.5. The van der Waals surface area contributed by atoms with Gasteiger partial charge in [0, 0.05) is 62.5 Å². The van der Waals surface area contributed by atoms with Crippen molar-refractivity contribution in [2.45, 2.75) is 52.2 Å². The fourth-order valence-electron chi connectivity index (χ4n) is 6.79. The first-order valence-corrected chi connectivity index (χ1v) is 15.5. The number of rotatable bonds is 9. The van der Waals surface area contributed by atoms with E-state index in [0.717, 1.165) is 18.4 Å². The van der Waals surface area contributed by atoms with E-state index in [1.807, 2.05) is 12.1 Å². The van der Waals surface area contributed by atoms with Crippen LogP contribution in [0.15, 0.2) is 54.2 Å². The number of fused-ring (bicyclic) bond motifs is 3. The standard InChI is InChI=1S/C34H39N7O5/c1-5-29(43)35-11-14-46-30-8-6-7-28(38-30)37-25-15-22(19-39(4)32(25)44)23-9-10-36-31(24(23)20-42)41-13-12-40-26(33(41)45)16-21-17-34(2,3)18-27(21)40/h5-10,16,22,42H,1,11-15,17-20H2,2-4H3,(H,35,43). The molecule has 2 aliphatic heterocycles. The maximum absolute atomic E-state index is 13.8. The summed E-state index contributed by atoms with van der Waals surface area (Å²) in [6.07, 6.45) is 5.07. The summed E-state index contributed by atoms with van der Waals surface area (Å²) in [5.74, 6) is 0.281. The van der Waals surface area contributed by atoms with Crippen LogP contribution in [0.1, 0.15) is 59.1 Å². The highest BCUT2D eigenvalue weighted by atomic mass is 16.5. The number of piperidine rings is 1. The van der Waals surface area contributed by atoms with E-state index in [2.05, 4.69) is 45.3 Å². The molecule has 0 spiro atoms. The summed E-state index contributed by atoms with van der Waals surface area (Å²) in [7, 11) is 1.72. The van der Waals surface area contributed by atoms with Crippen molar-refractivity contribution < 1.29 is 24.2 Å². The molecule has 46 heavy (non-hydrogen) atoms. The Morgan fingerprint density at radius 2 is 2.04 bits per heavy atom. The maximum Gasteiger partial charge on any atom is 0.276 e. The molecule has 0 radical (unpaired) electrons. The van der Waals surface area contributed by atoms with E-state index in [1.54, 1.807) is 41.2 Å². The maximum atomic E-state index is 13.8. The highest BCUT2D eigenvalue weighted by molar-refractivity contribution is 6.39. The molecule has 3 aromatic rings. The summed E-state index contributed by atoms with van der Waals surface area (Å²) < 4.78 is 7.79. The molecule has 1 fully saturated rings. The van der Waals surface area contributed by atoms with Gasteiger partial charge in [0.15, 0.2) is 5.82 Å². The normalized spacial score (nSPS) is 19.7. The Bertz CT molecular complexity index is 1740. The summed E-state index contributed by atoms with van der Waals surface area (Å²) in [4.78, 5) is 55.2. The van der Waals surface area contributed by atoms with Crippen molar-refractivity contribution in [3.63, 3.8) is 0 Å². The van der Waals surface area contributed by atoms with Gasteiger partial charge in [-0.2, -0.15) is 4.98 Å². The Labute approximate surface area is 267 Å². The van der Waals surface area contributed by atoms with E-state index in [1.165, 1.54) is 17.3 Å². The number of pyridine rings is 2. The van der Waals surface area contributed by atoms with Gasteiger partial charge in [-0.05, 0) is 53.7 Å². The van der Waals surface area contributed by atoms with Gasteiger partial charge >= 0.3 is 0 Å². The van der Waals surface area contributed by atoms with Gasteiger partial charge in [0.25, 0.3) is 11.8 Å². The topological polar surface area (TPSA) is 142 Å². The molecule has 1 atom stereocenters. The number of hydrogen-bond donors (Lipinski definition) is 2. The second-order valence-electron chi connectivity index (χ2n) is 12.8.